The first-order valence-corrected chi connectivity index (χ1v) is 6.55. The minimum Gasteiger partial charge on any atom is -0.391 e. The molecule has 0 radical (unpaired) electrons. The van der Waals surface area contributed by atoms with Gasteiger partial charge in [-0.05, 0) is 31.0 Å². The number of hydrogen-bond donors (Lipinski definition) is 3. The van der Waals surface area contributed by atoms with Crippen LogP contribution in [0.25, 0.3) is 0 Å². The van der Waals surface area contributed by atoms with Crippen molar-refractivity contribution in [3.63, 3.8) is 0 Å². The van der Waals surface area contributed by atoms with E-state index in [-0.39, 0.29) is 17.3 Å². The van der Waals surface area contributed by atoms with Crippen molar-refractivity contribution in [2.24, 2.45) is 0 Å². The normalized spacial score (nSPS) is 21.9. The number of nitrogens with one attached hydrogen (secondary N) is 2. The number of aliphatic hydroxyl groups is 1. The maximum atomic E-state index is 13.6. The second-order valence-electron chi connectivity index (χ2n) is 4.86. The minimum atomic E-state index is -0.664. The molecule has 0 aliphatic heterocycles. The van der Waals surface area contributed by atoms with Crippen molar-refractivity contribution in [3.8, 4) is 6.07 Å². The Morgan fingerprint density at radius 3 is 2.80 bits per heavy atom. The van der Waals surface area contributed by atoms with Crippen LogP contribution >= 0.6 is 0 Å². The van der Waals surface area contributed by atoms with Crippen molar-refractivity contribution in [2.75, 3.05) is 5.32 Å². The SMILES string of the molecule is N#Cc1ccc(NC(=O)N[C@@H]2CCCC[C@H]2O)c(F)c1. The average molecular weight is 277 g/mol. The fourth-order valence-electron chi connectivity index (χ4n) is 2.29. The number of hydrogen-bond acceptors (Lipinski definition) is 3. The van der Waals surface area contributed by atoms with Crippen LogP contribution < -0.4 is 10.6 Å². The van der Waals surface area contributed by atoms with Gasteiger partial charge < -0.3 is 15.7 Å². The van der Waals surface area contributed by atoms with E-state index in [9.17, 15) is 14.3 Å². The lowest BCUT2D eigenvalue weighted by molar-refractivity contribution is 0.0955. The lowest BCUT2D eigenvalue weighted by Crippen LogP contribution is -2.46. The van der Waals surface area contributed by atoms with E-state index in [1.54, 1.807) is 0 Å². The van der Waals surface area contributed by atoms with Crippen LogP contribution in [0.5, 0.6) is 0 Å². The molecule has 0 spiro atoms. The predicted octanol–water partition coefficient (Wildman–Crippen LogP) is 2.12. The van der Waals surface area contributed by atoms with E-state index in [4.69, 9.17) is 5.26 Å². The van der Waals surface area contributed by atoms with Crippen LogP contribution in [0, 0.1) is 17.1 Å². The van der Waals surface area contributed by atoms with Gasteiger partial charge in [-0.1, -0.05) is 12.8 Å². The fraction of sp³-hybridized carbons (Fsp3) is 0.429. The summed E-state index contributed by atoms with van der Waals surface area (Å²) in [6, 6.07) is 4.79. The Labute approximate surface area is 116 Å². The zero-order valence-electron chi connectivity index (χ0n) is 10.9. The van der Waals surface area contributed by atoms with Crippen molar-refractivity contribution >= 4 is 11.7 Å². The third-order valence-corrected chi connectivity index (χ3v) is 3.39. The number of aliphatic hydroxyl groups excluding tert-OH is 1. The van der Waals surface area contributed by atoms with Crippen LogP contribution in [0.4, 0.5) is 14.9 Å². The van der Waals surface area contributed by atoms with Gasteiger partial charge in [0.2, 0.25) is 0 Å². The Kier molecular flexibility index (Phi) is 4.53. The monoisotopic (exact) mass is 277 g/mol. The Balaban J connectivity index is 1.96. The summed E-state index contributed by atoms with van der Waals surface area (Å²) in [4.78, 5) is 11.8. The molecule has 3 N–H and O–H groups in total. The second-order valence-corrected chi connectivity index (χ2v) is 4.86. The molecule has 1 aliphatic rings. The molecular weight excluding hydrogens is 261 g/mol. The molecule has 2 atom stereocenters. The molecule has 0 heterocycles. The largest absolute Gasteiger partial charge is 0.391 e. The molecule has 0 aromatic heterocycles. The molecule has 1 aromatic rings. The third-order valence-electron chi connectivity index (χ3n) is 3.39. The highest BCUT2D eigenvalue weighted by Crippen LogP contribution is 2.19. The summed E-state index contributed by atoms with van der Waals surface area (Å²) in [5.74, 6) is -0.664. The molecule has 1 saturated carbocycles. The number of benzene rings is 1. The number of carbonyl (C=O) groups excluding carboxylic acids is 1. The number of rotatable bonds is 2. The van der Waals surface area contributed by atoms with Gasteiger partial charge >= 0.3 is 6.03 Å². The maximum Gasteiger partial charge on any atom is 0.319 e. The maximum absolute atomic E-state index is 13.6. The molecule has 2 amide bonds. The molecule has 0 bridgehead atoms. The van der Waals surface area contributed by atoms with Crippen LogP contribution in [0.1, 0.15) is 31.2 Å². The highest BCUT2D eigenvalue weighted by atomic mass is 19.1. The van der Waals surface area contributed by atoms with Crippen LogP contribution in [-0.2, 0) is 0 Å². The summed E-state index contributed by atoms with van der Waals surface area (Å²) < 4.78 is 13.6. The number of urea groups is 1. The van der Waals surface area contributed by atoms with Crippen molar-refractivity contribution in [1.82, 2.24) is 5.32 Å². The van der Waals surface area contributed by atoms with Gasteiger partial charge in [-0.2, -0.15) is 5.26 Å². The minimum absolute atomic E-state index is 0.00630. The van der Waals surface area contributed by atoms with E-state index in [1.165, 1.54) is 12.1 Å². The average Bonchev–Trinajstić information content (AvgIpc) is 2.43. The van der Waals surface area contributed by atoms with Crippen LogP contribution in [0.15, 0.2) is 18.2 Å². The molecule has 106 valence electrons. The van der Waals surface area contributed by atoms with E-state index in [1.807, 2.05) is 6.07 Å². The lowest BCUT2D eigenvalue weighted by atomic mass is 9.93. The number of carbonyl (C=O) groups is 1. The van der Waals surface area contributed by atoms with Crippen LogP contribution in [0.2, 0.25) is 0 Å². The summed E-state index contributed by atoms with van der Waals surface area (Å²) >= 11 is 0. The molecule has 1 fully saturated rings. The van der Waals surface area contributed by atoms with E-state index >= 15 is 0 Å². The van der Waals surface area contributed by atoms with E-state index in [0.29, 0.717) is 12.8 Å². The smallest absolute Gasteiger partial charge is 0.319 e. The zero-order chi connectivity index (χ0) is 14.5. The van der Waals surface area contributed by atoms with Gasteiger partial charge in [0.15, 0.2) is 0 Å². The molecule has 1 aromatic carbocycles. The first kappa shape index (κ1) is 14.3. The van der Waals surface area contributed by atoms with Gasteiger partial charge in [0, 0.05) is 0 Å². The van der Waals surface area contributed by atoms with Crippen molar-refractivity contribution < 1.29 is 14.3 Å². The molecule has 2 rings (SSSR count). The van der Waals surface area contributed by atoms with E-state index < -0.39 is 18.0 Å². The summed E-state index contributed by atoms with van der Waals surface area (Å²) in [7, 11) is 0. The summed E-state index contributed by atoms with van der Waals surface area (Å²) in [5, 5.41) is 23.4. The quantitative estimate of drug-likeness (QED) is 0.774. The standard InChI is InChI=1S/C14H16FN3O2/c15-10-7-9(8-16)5-6-11(10)17-14(20)18-12-3-1-2-4-13(12)19/h5-7,12-13,19H,1-4H2,(H2,17,18,20)/t12-,13-/m1/s1. The Morgan fingerprint density at radius 2 is 2.15 bits per heavy atom. The van der Waals surface area contributed by atoms with Gasteiger partial charge in [-0.25, -0.2) is 9.18 Å². The lowest BCUT2D eigenvalue weighted by Gasteiger charge is -2.28. The number of anilines is 1. The van der Waals surface area contributed by atoms with Crippen LogP contribution in [-0.4, -0.2) is 23.3 Å². The zero-order valence-corrected chi connectivity index (χ0v) is 10.9. The number of halogens is 1. The fourth-order valence-corrected chi connectivity index (χ4v) is 2.29. The van der Waals surface area contributed by atoms with Crippen molar-refractivity contribution in [3.05, 3.63) is 29.6 Å². The third kappa shape index (κ3) is 3.45. The number of nitrogens with zero attached hydrogens (tertiary/aromatic N) is 1. The first-order valence-electron chi connectivity index (χ1n) is 6.55. The van der Waals surface area contributed by atoms with E-state index in [2.05, 4.69) is 10.6 Å². The second kappa shape index (κ2) is 6.35. The molecule has 5 nitrogen and oxygen atoms in total. The molecule has 20 heavy (non-hydrogen) atoms. The number of nitriles is 1. The van der Waals surface area contributed by atoms with Crippen molar-refractivity contribution in [1.29, 1.82) is 5.26 Å². The highest BCUT2D eigenvalue weighted by Gasteiger charge is 2.24. The van der Waals surface area contributed by atoms with Gasteiger partial charge in [0.1, 0.15) is 5.82 Å². The summed E-state index contributed by atoms with van der Waals surface area (Å²) in [6.07, 6.45) is 2.72. The van der Waals surface area contributed by atoms with Crippen molar-refractivity contribution in [2.45, 2.75) is 37.8 Å². The Morgan fingerprint density at radius 1 is 1.40 bits per heavy atom. The molecule has 6 heteroatoms. The van der Waals surface area contributed by atoms with Gasteiger partial charge in [-0.3, -0.25) is 0 Å². The topological polar surface area (TPSA) is 85.2 Å². The van der Waals surface area contributed by atoms with Gasteiger partial charge in [0.25, 0.3) is 0 Å². The molecule has 0 saturated heterocycles. The van der Waals surface area contributed by atoms with Crippen LogP contribution in [0.3, 0.4) is 0 Å². The summed E-state index contributed by atoms with van der Waals surface area (Å²) in [5.41, 5.74) is 0.197. The first-order chi connectivity index (χ1) is 9.60. The Bertz CT molecular complexity index is 542. The molecule has 0 unspecified atom stereocenters. The Hall–Kier alpha value is -2.13. The van der Waals surface area contributed by atoms with Gasteiger partial charge in [0.05, 0.1) is 29.5 Å². The van der Waals surface area contributed by atoms with Gasteiger partial charge in [-0.15, -0.1) is 0 Å². The number of amides is 2. The highest BCUT2D eigenvalue weighted by molar-refractivity contribution is 5.89. The summed E-state index contributed by atoms with van der Waals surface area (Å²) in [6.45, 7) is 0. The predicted molar refractivity (Wildman–Crippen MR) is 71.5 cm³/mol. The van der Waals surface area contributed by atoms with E-state index in [0.717, 1.165) is 18.9 Å². The molecular formula is C14H16FN3O2. The molecule has 1 aliphatic carbocycles.